The first-order valence-corrected chi connectivity index (χ1v) is 12.5. The summed E-state index contributed by atoms with van der Waals surface area (Å²) in [4.78, 5) is 50.9. The molecule has 1 aliphatic carbocycles. The molecule has 2 atom stereocenters. The Labute approximate surface area is 210 Å². The Balaban J connectivity index is 1.68. The number of aromatic nitrogens is 2. The van der Waals surface area contributed by atoms with Gasteiger partial charge < -0.3 is 19.8 Å². The van der Waals surface area contributed by atoms with E-state index >= 15 is 0 Å². The SMILES string of the molecule is CC(C)CC(NC(=O)OCc1ccccc1)C(=O)NC(CC1CC1)C(=O)c1nn(CC(C)C)c(=O)o1. The molecule has 10 heteroatoms. The number of rotatable bonds is 13. The zero-order valence-electron chi connectivity index (χ0n) is 21.4. The fourth-order valence-electron chi connectivity index (χ4n) is 3.82. The third kappa shape index (κ3) is 8.35. The van der Waals surface area contributed by atoms with Crippen molar-refractivity contribution in [2.24, 2.45) is 17.8 Å². The lowest BCUT2D eigenvalue weighted by Crippen LogP contribution is -2.52. The number of amides is 2. The van der Waals surface area contributed by atoms with Crippen LogP contribution in [0.15, 0.2) is 39.5 Å². The molecule has 2 aromatic rings. The Morgan fingerprint density at radius 1 is 1.06 bits per heavy atom. The maximum Gasteiger partial charge on any atom is 0.437 e. The molecule has 0 bridgehead atoms. The van der Waals surface area contributed by atoms with Gasteiger partial charge in [0.2, 0.25) is 11.7 Å². The molecule has 1 fully saturated rings. The van der Waals surface area contributed by atoms with E-state index in [1.54, 1.807) is 0 Å². The van der Waals surface area contributed by atoms with Crippen molar-refractivity contribution in [2.75, 3.05) is 0 Å². The molecule has 0 radical (unpaired) electrons. The summed E-state index contributed by atoms with van der Waals surface area (Å²) in [6.07, 6.45) is 1.98. The van der Waals surface area contributed by atoms with Crippen molar-refractivity contribution >= 4 is 17.8 Å². The molecule has 2 amide bonds. The first-order chi connectivity index (χ1) is 17.1. The highest BCUT2D eigenvalue weighted by Gasteiger charge is 2.35. The first kappa shape index (κ1) is 27.2. The number of alkyl carbamates (subject to hydrolysis) is 1. The molecule has 36 heavy (non-hydrogen) atoms. The van der Waals surface area contributed by atoms with Gasteiger partial charge in [-0.15, -0.1) is 5.10 Å². The van der Waals surface area contributed by atoms with Crippen molar-refractivity contribution in [1.82, 2.24) is 20.4 Å². The van der Waals surface area contributed by atoms with Crippen LogP contribution in [0, 0.1) is 17.8 Å². The Hall–Kier alpha value is -3.43. The average Bonchev–Trinajstić information content (AvgIpc) is 3.57. The molecule has 1 saturated carbocycles. The molecular formula is C26H36N4O6. The number of carbonyl (C=O) groups excluding carboxylic acids is 3. The van der Waals surface area contributed by atoms with Crippen LogP contribution in [0.3, 0.4) is 0 Å². The average molecular weight is 501 g/mol. The monoisotopic (exact) mass is 500 g/mol. The second-order valence-corrected chi connectivity index (χ2v) is 10.2. The molecule has 0 spiro atoms. The fourth-order valence-corrected chi connectivity index (χ4v) is 3.82. The minimum absolute atomic E-state index is 0.0730. The van der Waals surface area contributed by atoms with Crippen molar-refractivity contribution in [3.63, 3.8) is 0 Å². The van der Waals surface area contributed by atoms with Gasteiger partial charge in [-0.1, -0.05) is 70.9 Å². The van der Waals surface area contributed by atoms with E-state index in [0.29, 0.717) is 25.3 Å². The molecule has 10 nitrogen and oxygen atoms in total. The van der Waals surface area contributed by atoms with E-state index in [4.69, 9.17) is 9.15 Å². The minimum atomic E-state index is -0.910. The van der Waals surface area contributed by atoms with Crippen LogP contribution >= 0.6 is 0 Å². The van der Waals surface area contributed by atoms with E-state index in [2.05, 4.69) is 15.7 Å². The topological polar surface area (TPSA) is 133 Å². The summed E-state index contributed by atoms with van der Waals surface area (Å²) in [5.41, 5.74) is 0.825. The number of nitrogens with zero attached hydrogens (tertiary/aromatic N) is 2. The Morgan fingerprint density at radius 3 is 2.36 bits per heavy atom. The van der Waals surface area contributed by atoms with Gasteiger partial charge in [-0.25, -0.2) is 9.59 Å². The van der Waals surface area contributed by atoms with Gasteiger partial charge in [0.05, 0.1) is 12.6 Å². The van der Waals surface area contributed by atoms with Crippen molar-refractivity contribution < 1.29 is 23.5 Å². The standard InChI is InChI=1S/C26H36N4O6/c1-16(2)12-21(28-25(33)35-15-19-8-6-5-7-9-19)23(32)27-20(13-18-10-11-18)22(31)24-29-30(14-17(3)4)26(34)36-24/h5-9,16-18,20-21H,10-15H2,1-4H3,(H,27,32)(H,28,33). The van der Waals surface area contributed by atoms with E-state index < -0.39 is 35.6 Å². The van der Waals surface area contributed by atoms with Gasteiger partial charge in [0, 0.05) is 0 Å². The number of ether oxygens (including phenoxy) is 1. The van der Waals surface area contributed by atoms with E-state index in [1.807, 2.05) is 58.0 Å². The lowest BCUT2D eigenvalue weighted by molar-refractivity contribution is -0.124. The quantitative estimate of drug-likeness (QED) is 0.403. The summed E-state index contributed by atoms with van der Waals surface area (Å²) in [7, 11) is 0. The number of hydrogen-bond donors (Lipinski definition) is 2. The summed E-state index contributed by atoms with van der Waals surface area (Å²) >= 11 is 0. The Kier molecular flexibility index (Phi) is 9.44. The zero-order valence-corrected chi connectivity index (χ0v) is 21.4. The van der Waals surface area contributed by atoms with Crippen LogP contribution in [0.4, 0.5) is 4.79 Å². The number of Topliss-reactive ketones (excluding diaryl/α,β-unsaturated/α-hetero) is 1. The van der Waals surface area contributed by atoms with Crippen molar-refractivity contribution in [3.05, 3.63) is 52.3 Å². The lowest BCUT2D eigenvalue weighted by atomic mass is 10.0. The molecule has 0 aliphatic heterocycles. The van der Waals surface area contributed by atoms with Gasteiger partial charge >= 0.3 is 11.8 Å². The maximum absolute atomic E-state index is 13.2. The largest absolute Gasteiger partial charge is 0.445 e. The zero-order chi connectivity index (χ0) is 26.2. The number of hydrogen-bond acceptors (Lipinski definition) is 7. The normalized spacial score (nSPS) is 14.9. The van der Waals surface area contributed by atoms with Crippen molar-refractivity contribution in [2.45, 2.75) is 78.6 Å². The van der Waals surface area contributed by atoms with Crippen LogP contribution in [-0.4, -0.2) is 39.6 Å². The second kappa shape index (κ2) is 12.5. The van der Waals surface area contributed by atoms with Gasteiger partial charge in [0.25, 0.3) is 5.89 Å². The third-order valence-corrected chi connectivity index (χ3v) is 5.78. The molecule has 1 aromatic carbocycles. The number of nitrogens with one attached hydrogen (secondary N) is 2. The smallest absolute Gasteiger partial charge is 0.437 e. The van der Waals surface area contributed by atoms with Crippen LogP contribution in [0.25, 0.3) is 0 Å². The molecule has 1 heterocycles. The van der Waals surface area contributed by atoms with E-state index in [9.17, 15) is 19.2 Å². The molecule has 196 valence electrons. The number of carbonyl (C=O) groups is 3. The second-order valence-electron chi connectivity index (χ2n) is 10.2. The van der Waals surface area contributed by atoms with Crippen LogP contribution in [0.5, 0.6) is 0 Å². The molecule has 1 aromatic heterocycles. The van der Waals surface area contributed by atoms with Gasteiger partial charge in [-0.3, -0.25) is 9.59 Å². The summed E-state index contributed by atoms with van der Waals surface area (Å²) in [5, 5.41) is 9.45. The van der Waals surface area contributed by atoms with Gasteiger partial charge in [0.15, 0.2) is 0 Å². The minimum Gasteiger partial charge on any atom is -0.445 e. The summed E-state index contributed by atoms with van der Waals surface area (Å²) in [6.45, 7) is 8.10. The Bertz CT molecular complexity index is 1090. The Morgan fingerprint density at radius 2 is 1.75 bits per heavy atom. The maximum atomic E-state index is 13.2. The van der Waals surface area contributed by atoms with E-state index in [1.165, 1.54) is 0 Å². The molecule has 0 saturated heterocycles. The van der Waals surface area contributed by atoms with Gasteiger partial charge in [-0.2, -0.15) is 4.68 Å². The molecule has 2 N–H and O–H groups in total. The summed E-state index contributed by atoms with van der Waals surface area (Å²) in [6, 6.07) is 7.42. The van der Waals surface area contributed by atoms with Crippen LogP contribution in [0.1, 0.15) is 69.6 Å². The third-order valence-electron chi connectivity index (χ3n) is 5.78. The highest BCUT2D eigenvalue weighted by molar-refractivity contribution is 5.99. The van der Waals surface area contributed by atoms with Crippen LogP contribution < -0.4 is 16.4 Å². The molecular weight excluding hydrogens is 464 g/mol. The summed E-state index contributed by atoms with van der Waals surface area (Å²) in [5.74, 6) is -1.53. The number of ketones is 1. The van der Waals surface area contributed by atoms with E-state index in [0.717, 1.165) is 23.1 Å². The van der Waals surface area contributed by atoms with Crippen molar-refractivity contribution in [1.29, 1.82) is 0 Å². The summed E-state index contributed by atoms with van der Waals surface area (Å²) < 4.78 is 11.5. The van der Waals surface area contributed by atoms with Gasteiger partial charge in [0.1, 0.15) is 12.6 Å². The predicted octanol–water partition coefficient (Wildman–Crippen LogP) is 3.30. The fraction of sp³-hybridized carbons (Fsp3) is 0.577. The van der Waals surface area contributed by atoms with Gasteiger partial charge in [-0.05, 0) is 36.2 Å². The lowest BCUT2D eigenvalue weighted by Gasteiger charge is -2.23. The van der Waals surface area contributed by atoms with Crippen LogP contribution in [0.2, 0.25) is 0 Å². The highest BCUT2D eigenvalue weighted by atomic mass is 16.5. The van der Waals surface area contributed by atoms with Crippen LogP contribution in [-0.2, 0) is 22.7 Å². The molecule has 3 rings (SSSR count). The first-order valence-electron chi connectivity index (χ1n) is 12.5. The molecule has 2 unspecified atom stereocenters. The molecule has 1 aliphatic rings. The highest BCUT2D eigenvalue weighted by Crippen LogP contribution is 2.34. The predicted molar refractivity (Wildman–Crippen MR) is 132 cm³/mol. The van der Waals surface area contributed by atoms with Crippen molar-refractivity contribution in [3.8, 4) is 0 Å². The number of benzene rings is 1. The van der Waals surface area contributed by atoms with E-state index in [-0.39, 0.29) is 24.3 Å².